The smallest absolute Gasteiger partial charge is 0.222 e. The first kappa shape index (κ1) is 15.5. The summed E-state index contributed by atoms with van der Waals surface area (Å²) in [5, 5.41) is -0.333. The van der Waals surface area contributed by atoms with Crippen molar-refractivity contribution in [2.75, 3.05) is 18.8 Å². The molecule has 1 unspecified atom stereocenters. The van der Waals surface area contributed by atoms with Crippen LogP contribution in [0.3, 0.4) is 0 Å². The van der Waals surface area contributed by atoms with Gasteiger partial charge in [0, 0.05) is 29.3 Å². The molecule has 0 N–H and O–H groups in total. The Morgan fingerprint density at radius 2 is 2.15 bits per heavy atom. The molecule has 1 atom stereocenters. The maximum absolute atomic E-state index is 12.2. The maximum Gasteiger partial charge on any atom is 0.222 e. The van der Waals surface area contributed by atoms with Gasteiger partial charge in [0.25, 0.3) is 0 Å². The summed E-state index contributed by atoms with van der Waals surface area (Å²) in [4.78, 5) is 16.4. The number of carbonyl (C=O) groups excluding carboxylic acids is 1. The van der Waals surface area contributed by atoms with E-state index in [2.05, 4.69) is 19.1 Å². The van der Waals surface area contributed by atoms with Crippen LogP contribution in [-0.4, -0.2) is 43.3 Å². The van der Waals surface area contributed by atoms with Gasteiger partial charge in [-0.15, -0.1) is 11.3 Å². The van der Waals surface area contributed by atoms with Crippen molar-refractivity contribution in [2.45, 2.75) is 38.4 Å². The van der Waals surface area contributed by atoms with E-state index in [0.29, 0.717) is 25.9 Å². The van der Waals surface area contributed by atoms with Crippen LogP contribution in [0.25, 0.3) is 0 Å². The molecule has 1 fully saturated rings. The zero-order chi connectivity index (χ0) is 14.8. The average Bonchev–Trinajstić information content (AvgIpc) is 2.75. The van der Waals surface area contributed by atoms with Crippen LogP contribution in [-0.2, 0) is 21.1 Å². The van der Waals surface area contributed by atoms with E-state index in [9.17, 15) is 13.2 Å². The Labute approximate surface area is 124 Å². The van der Waals surface area contributed by atoms with E-state index in [4.69, 9.17) is 0 Å². The summed E-state index contributed by atoms with van der Waals surface area (Å²) in [5.74, 6) is 0.165. The highest BCUT2D eigenvalue weighted by atomic mass is 32.2. The summed E-state index contributed by atoms with van der Waals surface area (Å²) in [6.45, 7) is 4.69. The molecule has 1 saturated heterocycles. The van der Waals surface area contributed by atoms with Crippen molar-refractivity contribution < 1.29 is 13.2 Å². The normalized spacial score (nSPS) is 22.5. The molecule has 1 aromatic rings. The summed E-state index contributed by atoms with van der Waals surface area (Å²) < 4.78 is 23.6. The molecular formula is C14H21NO3S2. The number of rotatable bonds is 3. The molecule has 4 nitrogen and oxygen atoms in total. The molecule has 0 saturated carbocycles. The fourth-order valence-electron chi connectivity index (χ4n) is 2.32. The average molecular weight is 315 g/mol. The molecule has 112 valence electrons. The van der Waals surface area contributed by atoms with E-state index in [-0.39, 0.29) is 16.9 Å². The summed E-state index contributed by atoms with van der Waals surface area (Å²) >= 11 is 1.71. The predicted octanol–water partition coefficient (Wildman–Crippen LogP) is 2.02. The minimum atomic E-state index is -3.02. The second kappa shape index (κ2) is 6.26. The van der Waals surface area contributed by atoms with Crippen LogP contribution in [0, 0.1) is 6.92 Å². The highest BCUT2D eigenvalue weighted by molar-refractivity contribution is 7.92. The number of nitrogens with zero attached hydrogens (tertiary/aromatic N) is 1. The number of sulfone groups is 1. The zero-order valence-electron chi connectivity index (χ0n) is 12.0. The number of carbonyl (C=O) groups is 1. The van der Waals surface area contributed by atoms with Gasteiger partial charge in [0.05, 0.1) is 11.0 Å². The Hall–Kier alpha value is -0.880. The Kier molecular flexibility index (Phi) is 4.86. The van der Waals surface area contributed by atoms with E-state index in [1.807, 2.05) is 0 Å². The second-order valence-corrected chi connectivity index (χ2v) is 9.27. The van der Waals surface area contributed by atoms with Gasteiger partial charge in [-0.1, -0.05) is 0 Å². The molecule has 0 spiro atoms. The topological polar surface area (TPSA) is 54.5 Å². The van der Waals surface area contributed by atoms with Gasteiger partial charge in [-0.05, 0) is 38.8 Å². The lowest BCUT2D eigenvalue weighted by molar-refractivity contribution is -0.130. The lowest BCUT2D eigenvalue weighted by Crippen LogP contribution is -2.33. The largest absolute Gasteiger partial charge is 0.342 e. The van der Waals surface area contributed by atoms with Crippen molar-refractivity contribution in [2.24, 2.45) is 0 Å². The van der Waals surface area contributed by atoms with Crippen LogP contribution in [0.15, 0.2) is 12.1 Å². The van der Waals surface area contributed by atoms with Gasteiger partial charge in [-0.25, -0.2) is 8.42 Å². The summed E-state index contributed by atoms with van der Waals surface area (Å²) in [6.07, 6.45) is 1.76. The minimum Gasteiger partial charge on any atom is -0.342 e. The van der Waals surface area contributed by atoms with Gasteiger partial charge < -0.3 is 4.90 Å². The molecule has 0 aromatic carbocycles. The highest BCUT2D eigenvalue weighted by Crippen LogP contribution is 2.18. The van der Waals surface area contributed by atoms with Crippen molar-refractivity contribution in [1.82, 2.24) is 4.90 Å². The van der Waals surface area contributed by atoms with Crippen LogP contribution in [0.4, 0.5) is 0 Å². The number of hydrogen-bond acceptors (Lipinski definition) is 4. The van der Waals surface area contributed by atoms with Gasteiger partial charge in [-0.3, -0.25) is 4.79 Å². The van der Waals surface area contributed by atoms with E-state index in [1.54, 1.807) is 23.2 Å². The van der Waals surface area contributed by atoms with Gasteiger partial charge >= 0.3 is 0 Å². The fraction of sp³-hybridized carbons (Fsp3) is 0.643. The molecule has 1 amide bonds. The van der Waals surface area contributed by atoms with Crippen molar-refractivity contribution in [3.63, 3.8) is 0 Å². The number of aryl methyl sites for hydroxylation is 2. The molecule has 1 aliphatic heterocycles. The van der Waals surface area contributed by atoms with E-state index in [1.165, 1.54) is 9.75 Å². The first-order valence-electron chi connectivity index (χ1n) is 6.93. The van der Waals surface area contributed by atoms with Crippen molar-refractivity contribution >= 4 is 27.1 Å². The van der Waals surface area contributed by atoms with Crippen molar-refractivity contribution in [3.05, 3.63) is 21.9 Å². The number of amides is 1. The van der Waals surface area contributed by atoms with E-state index >= 15 is 0 Å². The number of thiophene rings is 1. The van der Waals surface area contributed by atoms with Crippen LogP contribution in [0.5, 0.6) is 0 Å². The molecular weight excluding hydrogens is 294 g/mol. The highest BCUT2D eigenvalue weighted by Gasteiger charge is 2.28. The molecule has 1 aliphatic rings. The monoisotopic (exact) mass is 315 g/mol. The second-order valence-electron chi connectivity index (χ2n) is 5.36. The standard InChI is InChI=1S/C14H21NO3S2/c1-11-3-4-13(19-11)5-6-14(16)15-8-7-12(2)20(17,18)10-9-15/h3-4,12H,5-10H2,1-2H3. The van der Waals surface area contributed by atoms with Crippen LogP contribution in [0.2, 0.25) is 0 Å². The lowest BCUT2D eigenvalue weighted by Gasteiger charge is -2.19. The van der Waals surface area contributed by atoms with E-state index in [0.717, 1.165) is 6.42 Å². The molecule has 0 aliphatic carbocycles. The molecule has 0 radical (unpaired) electrons. The Morgan fingerprint density at radius 1 is 1.40 bits per heavy atom. The molecule has 2 rings (SSSR count). The van der Waals surface area contributed by atoms with Crippen LogP contribution in [0.1, 0.15) is 29.5 Å². The Morgan fingerprint density at radius 3 is 2.80 bits per heavy atom. The summed E-state index contributed by atoms with van der Waals surface area (Å²) in [5.41, 5.74) is 0. The molecule has 0 bridgehead atoms. The van der Waals surface area contributed by atoms with Crippen LogP contribution >= 0.6 is 11.3 Å². The quantitative estimate of drug-likeness (QED) is 0.857. The molecule has 6 heteroatoms. The number of hydrogen-bond donors (Lipinski definition) is 0. The lowest BCUT2D eigenvalue weighted by atomic mass is 10.2. The summed E-state index contributed by atoms with van der Waals surface area (Å²) in [6, 6.07) is 4.12. The first-order valence-corrected chi connectivity index (χ1v) is 9.46. The van der Waals surface area contributed by atoms with Crippen molar-refractivity contribution in [1.29, 1.82) is 0 Å². The van der Waals surface area contributed by atoms with Crippen LogP contribution < -0.4 is 0 Å². The van der Waals surface area contributed by atoms with Gasteiger partial charge in [0.2, 0.25) is 5.91 Å². The first-order chi connectivity index (χ1) is 9.38. The maximum atomic E-state index is 12.2. The SMILES string of the molecule is Cc1ccc(CCC(=O)N2CCC(C)S(=O)(=O)CC2)s1. The minimum absolute atomic E-state index is 0.0698. The van der Waals surface area contributed by atoms with Gasteiger partial charge in [0.1, 0.15) is 0 Å². The molecule has 1 aromatic heterocycles. The molecule has 20 heavy (non-hydrogen) atoms. The predicted molar refractivity (Wildman–Crippen MR) is 81.8 cm³/mol. The molecule has 2 heterocycles. The Balaban J connectivity index is 1.89. The fourth-order valence-corrected chi connectivity index (χ4v) is 4.56. The van der Waals surface area contributed by atoms with Gasteiger partial charge in [0.15, 0.2) is 9.84 Å². The van der Waals surface area contributed by atoms with Crippen molar-refractivity contribution in [3.8, 4) is 0 Å². The third kappa shape index (κ3) is 3.82. The van der Waals surface area contributed by atoms with Gasteiger partial charge in [-0.2, -0.15) is 0 Å². The third-order valence-electron chi connectivity index (χ3n) is 3.80. The Bertz CT molecular complexity index is 577. The zero-order valence-corrected chi connectivity index (χ0v) is 13.6. The van der Waals surface area contributed by atoms with E-state index < -0.39 is 9.84 Å². The summed E-state index contributed by atoms with van der Waals surface area (Å²) in [7, 11) is -3.02. The third-order valence-corrected chi connectivity index (χ3v) is 7.07.